The molecule has 0 aliphatic carbocycles. The van der Waals surface area contributed by atoms with Crippen LogP contribution < -0.4 is 15.2 Å². The first-order valence-electron chi connectivity index (χ1n) is 7.10. The molecular weight excluding hydrogens is 268 g/mol. The Morgan fingerprint density at radius 2 is 2.14 bits per heavy atom. The summed E-state index contributed by atoms with van der Waals surface area (Å²) in [5.41, 5.74) is 6.58. The molecule has 1 aliphatic heterocycles. The number of ether oxygens (including phenoxy) is 2. The Hall–Kier alpha value is -2.01. The number of amides is 1. The van der Waals surface area contributed by atoms with E-state index in [2.05, 4.69) is 0 Å². The van der Waals surface area contributed by atoms with Crippen molar-refractivity contribution >= 4 is 12.0 Å². The second kappa shape index (κ2) is 7.13. The average Bonchev–Trinajstić information content (AvgIpc) is 3.00. The minimum absolute atomic E-state index is 0.0118. The summed E-state index contributed by atoms with van der Waals surface area (Å²) in [6, 6.07) is 5.72. The lowest BCUT2D eigenvalue weighted by atomic mass is 10.1. The molecule has 1 atom stereocenters. The van der Waals surface area contributed by atoms with Crippen molar-refractivity contribution in [3.63, 3.8) is 0 Å². The molecule has 0 spiro atoms. The van der Waals surface area contributed by atoms with Gasteiger partial charge in [-0.2, -0.15) is 0 Å². The van der Waals surface area contributed by atoms with Crippen LogP contribution in [0.15, 0.2) is 24.3 Å². The predicted octanol–water partition coefficient (Wildman–Crippen LogP) is 1.67. The number of carbonyl (C=O) groups is 1. The van der Waals surface area contributed by atoms with Gasteiger partial charge in [-0.25, -0.2) is 0 Å². The Kier molecular flexibility index (Phi) is 5.22. The molecule has 1 aromatic rings. The van der Waals surface area contributed by atoms with E-state index in [1.807, 2.05) is 23.1 Å². The fourth-order valence-corrected chi connectivity index (χ4v) is 2.59. The first-order chi connectivity index (χ1) is 10.2. The molecular formula is C16H22N2O3. The summed E-state index contributed by atoms with van der Waals surface area (Å²) in [5.74, 6) is 1.33. The van der Waals surface area contributed by atoms with Gasteiger partial charge in [-0.3, -0.25) is 4.79 Å². The van der Waals surface area contributed by atoms with Crippen LogP contribution in [-0.2, 0) is 4.79 Å². The van der Waals surface area contributed by atoms with Gasteiger partial charge in [-0.15, -0.1) is 0 Å². The second-order valence-corrected chi connectivity index (χ2v) is 5.01. The highest BCUT2D eigenvalue weighted by Crippen LogP contribution is 2.28. The molecule has 1 aliphatic rings. The van der Waals surface area contributed by atoms with Crippen LogP contribution in [0.25, 0.3) is 6.08 Å². The number of hydrogen-bond donors (Lipinski definition) is 1. The molecule has 0 aromatic heterocycles. The molecule has 21 heavy (non-hydrogen) atoms. The third-order valence-corrected chi connectivity index (χ3v) is 3.76. The SMILES string of the molecule is COc1ccc(/C=C/C(=O)N2CCCC2CN)cc1OC. The summed E-state index contributed by atoms with van der Waals surface area (Å²) < 4.78 is 10.4. The van der Waals surface area contributed by atoms with Crippen LogP contribution in [0.5, 0.6) is 11.5 Å². The summed E-state index contributed by atoms with van der Waals surface area (Å²) in [6.07, 6.45) is 5.40. The maximum absolute atomic E-state index is 12.2. The molecule has 1 heterocycles. The van der Waals surface area contributed by atoms with Gasteiger partial charge in [0, 0.05) is 25.2 Å². The van der Waals surface area contributed by atoms with E-state index in [4.69, 9.17) is 15.2 Å². The summed E-state index contributed by atoms with van der Waals surface area (Å²) in [4.78, 5) is 14.0. The normalized spacial score (nSPS) is 18.2. The smallest absolute Gasteiger partial charge is 0.246 e. The molecule has 5 heteroatoms. The molecule has 1 unspecified atom stereocenters. The minimum Gasteiger partial charge on any atom is -0.493 e. The largest absolute Gasteiger partial charge is 0.493 e. The number of methoxy groups -OCH3 is 2. The zero-order chi connectivity index (χ0) is 15.2. The van der Waals surface area contributed by atoms with Gasteiger partial charge in [0.1, 0.15) is 0 Å². The van der Waals surface area contributed by atoms with Crippen molar-refractivity contribution < 1.29 is 14.3 Å². The van der Waals surface area contributed by atoms with Crippen LogP contribution in [0.3, 0.4) is 0 Å². The van der Waals surface area contributed by atoms with Crippen LogP contribution in [0.2, 0.25) is 0 Å². The molecule has 114 valence electrons. The van der Waals surface area contributed by atoms with E-state index in [1.54, 1.807) is 26.4 Å². The lowest BCUT2D eigenvalue weighted by Crippen LogP contribution is -2.38. The van der Waals surface area contributed by atoms with E-state index in [0.717, 1.165) is 24.9 Å². The van der Waals surface area contributed by atoms with Crippen molar-refractivity contribution in [1.82, 2.24) is 4.90 Å². The van der Waals surface area contributed by atoms with E-state index >= 15 is 0 Å². The lowest BCUT2D eigenvalue weighted by molar-refractivity contribution is -0.126. The summed E-state index contributed by atoms with van der Waals surface area (Å²) >= 11 is 0. The zero-order valence-electron chi connectivity index (χ0n) is 12.5. The minimum atomic E-state index is 0.0118. The van der Waals surface area contributed by atoms with Gasteiger partial charge in [0.25, 0.3) is 0 Å². The molecule has 1 aromatic carbocycles. The number of hydrogen-bond acceptors (Lipinski definition) is 4. The Bertz CT molecular complexity index is 528. The van der Waals surface area contributed by atoms with Crippen molar-refractivity contribution in [2.24, 2.45) is 5.73 Å². The van der Waals surface area contributed by atoms with Gasteiger partial charge in [-0.05, 0) is 36.6 Å². The molecule has 0 bridgehead atoms. The van der Waals surface area contributed by atoms with Crippen molar-refractivity contribution in [1.29, 1.82) is 0 Å². The Balaban J connectivity index is 2.08. The predicted molar refractivity (Wildman–Crippen MR) is 82.4 cm³/mol. The van der Waals surface area contributed by atoms with Gasteiger partial charge in [0.2, 0.25) is 5.91 Å². The van der Waals surface area contributed by atoms with E-state index in [1.165, 1.54) is 0 Å². The van der Waals surface area contributed by atoms with E-state index in [-0.39, 0.29) is 11.9 Å². The number of nitrogens with two attached hydrogens (primary N) is 1. The van der Waals surface area contributed by atoms with Gasteiger partial charge in [0.05, 0.1) is 14.2 Å². The van der Waals surface area contributed by atoms with E-state index in [9.17, 15) is 4.79 Å². The van der Waals surface area contributed by atoms with Crippen molar-refractivity contribution in [3.05, 3.63) is 29.8 Å². The van der Waals surface area contributed by atoms with Crippen LogP contribution in [0.4, 0.5) is 0 Å². The van der Waals surface area contributed by atoms with Gasteiger partial charge >= 0.3 is 0 Å². The molecule has 2 rings (SSSR count). The number of benzene rings is 1. The molecule has 5 nitrogen and oxygen atoms in total. The number of nitrogens with zero attached hydrogens (tertiary/aromatic N) is 1. The highest BCUT2D eigenvalue weighted by molar-refractivity contribution is 5.92. The van der Waals surface area contributed by atoms with Crippen molar-refractivity contribution in [2.45, 2.75) is 18.9 Å². The highest BCUT2D eigenvalue weighted by Gasteiger charge is 2.25. The summed E-state index contributed by atoms with van der Waals surface area (Å²) in [5, 5.41) is 0. The maximum atomic E-state index is 12.2. The number of likely N-dealkylation sites (tertiary alicyclic amines) is 1. The molecule has 1 saturated heterocycles. The van der Waals surface area contributed by atoms with Crippen LogP contribution in [0, 0.1) is 0 Å². The lowest BCUT2D eigenvalue weighted by Gasteiger charge is -2.21. The molecule has 2 N–H and O–H groups in total. The first-order valence-corrected chi connectivity index (χ1v) is 7.10. The second-order valence-electron chi connectivity index (χ2n) is 5.01. The van der Waals surface area contributed by atoms with Gasteiger partial charge < -0.3 is 20.1 Å². The molecule has 1 fully saturated rings. The molecule has 1 amide bonds. The van der Waals surface area contributed by atoms with Crippen LogP contribution in [0.1, 0.15) is 18.4 Å². The number of rotatable bonds is 5. The van der Waals surface area contributed by atoms with E-state index < -0.39 is 0 Å². The Labute approximate surface area is 125 Å². The molecule has 0 radical (unpaired) electrons. The quantitative estimate of drug-likeness (QED) is 0.838. The highest BCUT2D eigenvalue weighted by atomic mass is 16.5. The average molecular weight is 290 g/mol. The zero-order valence-corrected chi connectivity index (χ0v) is 12.5. The number of carbonyl (C=O) groups excluding carboxylic acids is 1. The standard InChI is InChI=1S/C16H22N2O3/c1-20-14-7-5-12(10-15(14)21-2)6-8-16(19)18-9-3-4-13(18)11-17/h5-8,10,13H,3-4,9,11,17H2,1-2H3/b8-6+. The summed E-state index contributed by atoms with van der Waals surface area (Å²) in [7, 11) is 3.18. The van der Waals surface area contributed by atoms with Crippen molar-refractivity contribution in [3.8, 4) is 11.5 Å². The fraction of sp³-hybridized carbons (Fsp3) is 0.438. The van der Waals surface area contributed by atoms with Gasteiger partial charge in [-0.1, -0.05) is 6.07 Å². The monoisotopic (exact) mass is 290 g/mol. The van der Waals surface area contributed by atoms with Crippen LogP contribution in [-0.4, -0.2) is 44.2 Å². The van der Waals surface area contributed by atoms with Crippen molar-refractivity contribution in [2.75, 3.05) is 27.3 Å². The van der Waals surface area contributed by atoms with E-state index in [0.29, 0.717) is 18.0 Å². The third-order valence-electron chi connectivity index (χ3n) is 3.76. The maximum Gasteiger partial charge on any atom is 0.246 e. The van der Waals surface area contributed by atoms with Crippen LogP contribution >= 0.6 is 0 Å². The summed E-state index contributed by atoms with van der Waals surface area (Å²) in [6.45, 7) is 1.31. The first kappa shape index (κ1) is 15.4. The Morgan fingerprint density at radius 3 is 2.81 bits per heavy atom. The Morgan fingerprint density at radius 1 is 1.38 bits per heavy atom. The topological polar surface area (TPSA) is 64.8 Å². The fourth-order valence-electron chi connectivity index (χ4n) is 2.59. The van der Waals surface area contributed by atoms with Gasteiger partial charge in [0.15, 0.2) is 11.5 Å². The third kappa shape index (κ3) is 3.55. The molecule has 0 saturated carbocycles.